The van der Waals surface area contributed by atoms with E-state index in [0.717, 1.165) is 39.3 Å². The van der Waals surface area contributed by atoms with Gasteiger partial charge in [-0.25, -0.2) is 0 Å². The molecule has 5 nitrogen and oxygen atoms in total. The van der Waals surface area contributed by atoms with E-state index in [4.69, 9.17) is 9.63 Å². The molecule has 0 aliphatic carbocycles. The second-order valence-corrected chi connectivity index (χ2v) is 9.04. The molecule has 1 unspecified atom stereocenters. The summed E-state index contributed by atoms with van der Waals surface area (Å²) in [6.45, 7) is 1.89. The summed E-state index contributed by atoms with van der Waals surface area (Å²) in [7, 11) is 0. The molecular weight excluding hydrogens is 434 g/mol. The average Bonchev–Trinajstić information content (AvgIpc) is 3.18. The van der Waals surface area contributed by atoms with Crippen LogP contribution in [0.5, 0.6) is 0 Å². The van der Waals surface area contributed by atoms with Gasteiger partial charge in [-0.15, -0.1) is 11.8 Å². The predicted molar refractivity (Wildman–Crippen MR) is 131 cm³/mol. The van der Waals surface area contributed by atoms with E-state index in [1.807, 2.05) is 73.7 Å². The van der Waals surface area contributed by atoms with E-state index in [0.29, 0.717) is 12.2 Å². The summed E-state index contributed by atoms with van der Waals surface area (Å²) in [5, 5.41) is 23.7. The smallest absolute Gasteiger partial charge is 0.307 e. The van der Waals surface area contributed by atoms with Gasteiger partial charge in [-0.05, 0) is 29.2 Å². The molecule has 0 saturated heterocycles. The van der Waals surface area contributed by atoms with Gasteiger partial charge in [-0.2, -0.15) is 0 Å². The number of aromatic nitrogens is 1. The molecule has 168 valence electrons. The Hall–Kier alpha value is -3.35. The number of carboxylic acids is 1. The number of aliphatic hydroxyl groups excluding tert-OH is 1. The number of hydrogen-bond donors (Lipinski definition) is 2. The summed E-state index contributed by atoms with van der Waals surface area (Å²) >= 11 is 1.49. The number of thioether (sulfide) groups is 1. The summed E-state index contributed by atoms with van der Waals surface area (Å²) in [4.78, 5) is 10.9. The van der Waals surface area contributed by atoms with Crippen LogP contribution in [0.3, 0.4) is 0 Å². The third kappa shape index (κ3) is 5.92. The van der Waals surface area contributed by atoms with Crippen molar-refractivity contribution in [1.82, 2.24) is 5.16 Å². The van der Waals surface area contributed by atoms with Crippen molar-refractivity contribution in [3.8, 4) is 22.5 Å². The first-order valence-corrected chi connectivity index (χ1v) is 11.7. The minimum atomic E-state index is -0.839. The second kappa shape index (κ2) is 10.5. The summed E-state index contributed by atoms with van der Waals surface area (Å²) in [6, 6.07) is 25.6. The van der Waals surface area contributed by atoms with Crippen molar-refractivity contribution in [3.63, 3.8) is 0 Å². The maximum Gasteiger partial charge on any atom is 0.307 e. The van der Waals surface area contributed by atoms with E-state index < -0.39 is 11.4 Å². The fourth-order valence-electron chi connectivity index (χ4n) is 3.66. The lowest BCUT2D eigenvalue weighted by Gasteiger charge is -2.11. The summed E-state index contributed by atoms with van der Waals surface area (Å²) in [6.07, 6.45) is 0.470. The number of rotatable bonds is 9. The number of benzene rings is 3. The van der Waals surface area contributed by atoms with E-state index in [2.05, 4.69) is 17.3 Å². The molecule has 2 N–H and O–H groups in total. The van der Waals surface area contributed by atoms with Gasteiger partial charge in [0.25, 0.3) is 0 Å². The molecule has 3 aromatic carbocycles. The maximum atomic E-state index is 10.9. The number of aliphatic hydroxyl groups is 1. The van der Waals surface area contributed by atoms with E-state index in [1.54, 1.807) is 0 Å². The highest BCUT2D eigenvalue weighted by molar-refractivity contribution is 7.98. The van der Waals surface area contributed by atoms with Crippen molar-refractivity contribution >= 4 is 17.7 Å². The quantitative estimate of drug-likeness (QED) is 0.311. The molecular formula is C27H25NO4S. The zero-order valence-electron chi connectivity index (χ0n) is 18.3. The predicted octanol–water partition coefficient (Wildman–Crippen LogP) is 5.74. The Labute approximate surface area is 197 Å². The molecule has 0 bridgehead atoms. The molecule has 0 amide bonds. The molecule has 1 heterocycles. The highest BCUT2D eigenvalue weighted by atomic mass is 32.2. The van der Waals surface area contributed by atoms with Crippen LogP contribution in [0.1, 0.15) is 22.4 Å². The summed E-state index contributed by atoms with van der Waals surface area (Å²) < 4.78 is 5.62. The number of carboxylic acid groups (broad SMARTS) is 1. The molecule has 4 aromatic rings. The lowest BCUT2D eigenvalue weighted by atomic mass is 9.99. The van der Waals surface area contributed by atoms with Gasteiger partial charge in [-0.1, -0.05) is 84.0 Å². The van der Waals surface area contributed by atoms with Gasteiger partial charge in [0.15, 0.2) is 5.76 Å². The van der Waals surface area contributed by atoms with E-state index >= 15 is 0 Å². The topological polar surface area (TPSA) is 83.6 Å². The minimum Gasteiger partial charge on any atom is -0.481 e. The van der Waals surface area contributed by atoms with Crippen LogP contribution in [-0.4, -0.2) is 26.8 Å². The standard InChI is InChI=1S/C27H25NO4S/c1-18-24(16-26(31)33-17-20-5-3-2-4-6-20)27(32-28-18)23-13-11-22(12-14-23)21-9-7-19(8-10-21)15-25(29)30/h2-14,26,31H,15-17H2,1H3,(H,29,30). The first kappa shape index (κ1) is 22.8. The Bertz CT molecular complexity index is 1200. The van der Waals surface area contributed by atoms with Crippen LogP contribution < -0.4 is 0 Å². The van der Waals surface area contributed by atoms with Crippen LogP contribution in [-0.2, 0) is 23.4 Å². The first-order chi connectivity index (χ1) is 16.0. The van der Waals surface area contributed by atoms with Gasteiger partial charge in [0.05, 0.1) is 12.1 Å². The Balaban J connectivity index is 1.45. The van der Waals surface area contributed by atoms with Crippen LogP contribution in [0.15, 0.2) is 83.4 Å². The molecule has 0 saturated carbocycles. The van der Waals surface area contributed by atoms with Crippen molar-refractivity contribution < 1.29 is 19.5 Å². The van der Waals surface area contributed by atoms with Crippen molar-refractivity contribution in [1.29, 1.82) is 0 Å². The van der Waals surface area contributed by atoms with Crippen LogP contribution >= 0.6 is 11.8 Å². The zero-order chi connectivity index (χ0) is 23.2. The summed E-state index contributed by atoms with van der Waals surface area (Å²) in [5.74, 6) is 0.575. The van der Waals surface area contributed by atoms with Gasteiger partial charge in [-0.3, -0.25) is 4.79 Å². The number of aryl methyl sites for hydroxylation is 1. The molecule has 1 aromatic heterocycles. The Morgan fingerprint density at radius 2 is 1.52 bits per heavy atom. The molecule has 33 heavy (non-hydrogen) atoms. The molecule has 4 rings (SSSR count). The molecule has 0 aliphatic rings. The monoisotopic (exact) mass is 459 g/mol. The molecule has 0 spiro atoms. The SMILES string of the molecule is Cc1noc(-c2ccc(-c3ccc(CC(=O)O)cc3)cc2)c1CC(O)SCc1ccccc1. The van der Waals surface area contributed by atoms with Crippen molar-refractivity contribution in [2.24, 2.45) is 0 Å². The average molecular weight is 460 g/mol. The highest BCUT2D eigenvalue weighted by Gasteiger charge is 2.19. The summed E-state index contributed by atoms with van der Waals surface area (Å²) in [5.41, 5.74) is 6.01. The molecule has 6 heteroatoms. The largest absolute Gasteiger partial charge is 0.481 e. The lowest BCUT2D eigenvalue weighted by Crippen LogP contribution is -2.07. The normalized spacial score (nSPS) is 11.9. The van der Waals surface area contributed by atoms with Gasteiger partial charge < -0.3 is 14.7 Å². The maximum absolute atomic E-state index is 10.9. The first-order valence-electron chi connectivity index (χ1n) is 10.7. The Morgan fingerprint density at radius 3 is 2.15 bits per heavy atom. The minimum absolute atomic E-state index is 0.0162. The highest BCUT2D eigenvalue weighted by Crippen LogP contribution is 2.31. The van der Waals surface area contributed by atoms with Crippen LogP contribution in [0, 0.1) is 6.92 Å². The van der Waals surface area contributed by atoms with Gasteiger partial charge in [0.1, 0.15) is 5.44 Å². The number of hydrogen-bond acceptors (Lipinski definition) is 5. The van der Waals surface area contributed by atoms with E-state index in [1.165, 1.54) is 17.3 Å². The second-order valence-electron chi connectivity index (χ2n) is 7.88. The number of nitrogens with zero attached hydrogens (tertiary/aromatic N) is 1. The lowest BCUT2D eigenvalue weighted by molar-refractivity contribution is -0.136. The zero-order valence-corrected chi connectivity index (χ0v) is 19.1. The third-order valence-corrected chi connectivity index (χ3v) is 6.49. The molecule has 1 atom stereocenters. The third-order valence-electron chi connectivity index (χ3n) is 5.44. The van der Waals surface area contributed by atoms with Crippen LogP contribution in [0.25, 0.3) is 22.5 Å². The molecule has 0 radical (unpaired) electrons. The van der Waals surface area contributed by atoms with Crippen molar-refractivity contribution in [2.45, 2.75) is 31.0 Å². The van der Waals surface area contributed by atoms with Crippen LogP contribution in [0.2, 0.25) is 0 Å². The number of aliphatic carboxylic acids is 1. The van der Waals surface area contributed by atoms with Gasteiger partial charge in [0.2, 0.25) is 0 Å². The molecule has 0 aliphatic heterocycles. The fourth-order valence-corrected chi connectivity index (χ4v) is 4.52. The van der Waals surface area contributed by atoms with Gasteiger partial charge in [0, 0.05) is 23.3 Å². The Morgan fingerprint density at radius 1 is 0.909 bits per heavy atom. The van der Waals surface area contributed by atoms with E-state index in [9.17, 15) is 9.90 Å². The Kier molecular flexibility index (Phi) is 7.27. The van der Waals surface area contributed by atoms with Crippen LogP contribution in [0.4, 0.5) is 0 Å². The van der Waals surface area contributed by atoms with Crippen molar-refractivity contribution in [3.05, 3.63) is 101 Å². The number of carbonyl (C=O) groups is 1. The van der Waals surface area contributed by atoms with Gasteiger partial charge >= 0.3 is 5.97 Å². The fraction of sp³-hybridized carbons (Fsp3) is 0.185. The van der Waals surface area contributed by atoms with E-state index in [-0.39, 0.29) is 6.42 Å². The van der Waals surface area contributed by atoms with Crippen molar-refractivity contribution in [2.75, 3.05) is 0 Å². The molecule has 0 fully saturated rings.